The molecule has 0 aromatic heterocycles. The van der Waals surface area contributed by atoms with E-state index in [1.165, 1.54) is 9.79 Å². The van der Waals surface area contributed by atoms with Gasteiger partial charge in [-0.1, -0.05) is 58.0 Å². The number of rotatable bonds is 3. The van der Waals surface area contributed by atoms with E-state index in [1.54, 1.807) is 21.6 Å². The summed E-state index contributed by atoms with van der Waals surface area (Å²) in [5, 5.41) is 0. The Morgan fingerprint density at radius 3 is 0.958 bits per heavy atom. The molecule has 12 heteroatoms. The van der Waals surface area contributed by atoms with E-state index in [9.17, 15) is 0 Å². The molecule has 0 fully saturated rings. The van der Waals surface area contributed by atoms with Crippen LogP contribution in [0, 0.1) is 0 Å². The molecule has 0 spiro atoms. The van der Waals surface area contributed by atoms with Crippen molar-refractivity contribution in [2.45, 2.75) is 9.79 Å². The Morgan fingerprint density at radius 1 is 0.542 bits per heavy atom. The van der Waals surface area contributed by atoms with Gasteiger partial charge >= 0.3 is 13.4 Å². The van der Waals surface area contributed by atoms with Crippen molar-refractivity contribution in [1.82, 2.24) is 0 Å². The molecule has 0 aliphatic rings. The highest BCUT2D eigenvalue weighted by Crippen LogP contribution is 2.36. The maximum absolute atomic E-state index is 7.56. The molecule has 0 unspecified atom stereocenters. The maximum Gasteiger partial charge on any atom is 0.319 e. The van der Waals surface area contributed by atoms with Gasteiger partial charge in [0.1, 0.15) is 0 Å². The van der Waals surface area contributed by atoms with Crippen LogP contribution in [0.4, 0.5) is 0 Å². The molecular formula is C12H16O6P2S4. The molecule has 24 heavy (non-hydrogen) atoms. The van der Waals surface area contributed by atoms with E-state index in [0.29, 0.717) is 0 Å². The minimum Gasteiger partial charge on any atom is -0.325 e. The minimum atomic E-state index is -3.81. The topological polar surface area (TPSA) is 121 Å². The molecule has 134 valence electrons. The van der Waals surface area contributed by atoms with Gasteiger partial charge < -0.3 is 29.4 Å². The van der Waals surface area contributed by atoms with E-state index in [0.717, 1.165) is 0 Å². The Balaban J connectivity index is 0.000000442. The molecule has 2 rings (SSSR count). The zero-order valence-corrected chi connectivity index (χ0v) is 17.0. The van der Waals surface area contributed by atoms with Crippen molar-refractivity contribution >= 4 is 58.6 Å². The summed E-state index contributed by atoms with van der Waals surface area (Å²) in [6, 6.07) is 20.8. The molecular weight excluding hydrogens is 430 g/mol. The van der Waals surface area contributed by atoms with Gasteiger partial charge in [0.05, 0.1) is 0 Å². The summed E-state index contributed by atoms with van der Waals surface area (Å²) in [5.74, 6) is 0. The standard InChI is InChI=1S/C12H10S2.2H3O3PS/c1-3-7-11(8-4-1)13-14-12-9-5-2-6-10-12;2*1-4(2,3)5/h1-10H;2*(H3,1,2,3,5). The first-order valence-corrected chi connectivity index (χ1v) is 13.4. The lowest BCUT2D eigenvalue weighted by Gasteiger charge is -1.99. The van der Waals surface area contributed by atoms with Crippen molar-refractivity contribution in [3.63, 3.8) is 0 Å². The Morgan fingerprint density at radius 2 is 0.750 bits per heavy atom. The summed E-state index contributed by atoms with van der Waals surface area (Å²) >= 11 is 7.21. The summed E-state index contributed by atoms with van der Waals surface area (Å²) in [6.45, 7) is -7.61. The molecule has 0 saturated carbocycles. The van der Waals surface area contributed by atoms with Crippen molar-refractivity contribution in [1.29, 1.82) is 0 Å². The predicted molar refractivity (Wildman–Crippen MR) is 106 cm³/mol. The quantitative estimate of drug-likeness (QED) is 0.310. The monoisotopic (exact) mass is 446 g/mol. The van der Waals surface area contributed by atoms with Crippen LogP contribution in [0.2, 0.25) is 0 Å². The zero-order valence-electron chi connectivity index (χ0n) is 12.0. The predicted octanol–water partition coefficient (Wildman–Crippen LogP) is 2.86. The summed E-state index contributed by atoms with van der Waals surface area (Å²) in [5.41, 5.74) is 0. The zero-order chi connectivity index (χ0) is 18.6. The number of hydrogen-bond acceptors (Lipinski definition) is 4. The molecule has 2 aromatic rings. The van der Waals surface area contributed by atoms with Gasteiger partial charge in [0, 0.05) is 9.79 Å². The fraction of sp³-hybridized carbons (Fsp3) is 0. The molecule has 2 aromatic carbocycles. The van der Waals surface area contributed by atoms with Crippen molar-refractivity contribution in [2.24, 2.45) is 0 Å². The summed E-state index contributed by atoms with van der Waals surface area (Å²) in [4.78, 5) is 47.9. The molecule has 0 atom stereocenters. The molecule has 0 aliphatic carbocycles. The fourth-order valence-electron chi connectivity index (χ4n) is 1.05. The normalized spacial score (nSPS) is 10.8. The van der Waals surface area contributed by atoms with Gasteiger partial charge in [-0.25, -0.2) is 0 Å². The molecule has 0 bridgehead atoms. The van der Waals surface area contributed by atoms with Crippen LogP contribution < -0.4 is 0 Å². The molecule has 0 saturated heterocycles. The van der Waals surface area contributed by atoms with Gasteiger partial charge in [0.25, 0.3) is 0 Å². The van der Waals surface area contributed by atoms with Crippen molar-refractivity contribution in [3.05, 3.63) is 60.7 Å². The Kier molecular flexibility index (Phi) is 12.6. The van der Waals surface area contributed by atoms with Crippen LogP contribution in [0.1, 0.15) is 0 Å². The van der Waals surface area contributed by atoms with E-state index in [-0.39, 0.29) is 0 Å². The van der Waals surface area contributed by atoms with Gasteiger partial charge in [0.2, 0.25) is 0 Å². The average Bonchev–Trinajstić information content (AvgIpc) is 2.44. The molecule has 0 radical (unpaired) electrons. The SMILES string of the molecule is OP(O)(O)=S.OP(O)(O)=S.c1ccc(SSc2ccccc2)cc1. The highest BCUT2D eigenvalue weighted by Gasteiger charge is 1.95. The van der Waals surface area contributed by atoms with Crippen molar-refractivity contribution < 1.29 is 29.4 Å². The van der Waals surface area contributed by atoms with Gasteiger partial charge in [-0.15, -0.1) is 0 Å². The Bertz CT molecular complexity index is 586. The highest BCUT2D eigenvalue weighted by molar-refractivity contribution is 8.76. The third-order valence-corrected chi connectivity index (χ3v) is 4.14. The third-order valence-electron chi connectivity index (χ3n) is 1.72. The maximum atomic E-state index is 7.56. The van der Waals surface area contributed by atoms with Gasteiger partial charge in [-0.2, -0.15) is 0 Å². The Hall–Kier alpha value is 0.200. The summed E-state index contributed by atoms with van der Waals surface area (Å²) < 4.78 is 0. The van der Waals surface area contributed by atoms with E-state index in [2.05, 4.69) is 72.1 Å². The van der Waals surface area contributed by atoms with E-state index in [4.69, 9.17) is 29.4 Å². The molecule has 0 heterocycles. The summed E-state index contributed by atoms with van der Waals surface area (Å²) in [7, 11) is 3.58. The highest BCUT2D eigenvalue weighted by atomic mass is 33.1. The van der Waals surface area contributed by atoms with E-state index >= 15 is 0 Å². The lowest BCUT2D eigenvalue weighted by Crippen LogP contribution is -1.67. The lowest BCUT2D eigenvalue weighted by atomic mass is 10.4. The second-order valence-corrected chi connectivity index (χ2v) is 11.1. The lowest BCUT2D eigenvalue weighted by molar-refractivity contribution is 0.361. The van der Waals surface area contributed by atoms with Crippen molar-refractivity contribution in [2.75, 3.05) is 0 Å². The number of hydrogen-bond donors (Lipinski definition) is 6. The number of benzene rings is 2. The smallest absolute Gasteiger partial charge is 0.319 e. The van der Waals surface area contributed by atoms with Gasteiger partial charge in [-0.05, 0) is 47.9 Å². The second kappa shape index (κ2) is 12.5. The van der Waals surface area contributed by atoms with Crippen LogP contribution in [-0.2, 0) is 23.6 Å². The van der Waals surface area contributed by atoms with Gasteiger partial charge in [0.15, 0.2) is 0 Å². The largest absolute Gasteiger partial charge is 0.325 e. The minimum absolute atomic E-state index is 1.29. The van der Waals surface area contributed by atoms with Crippen LogP contribution in [0.25, 0.3) is 0 Å². The van der Waals surface area contributed by atoms with Gasteiger partial charge in [-0.3, -0.25) is 0 Å². The van der Waals surface area contributed by atoms with E-state index in [1.807, 2.05) is 12.1 Å². The van der Waals surface area contributed by atoms with Crippen LogP contribution >= 0.6 is 35.0 Å². The Labute approximate surface area is 158 Å². The molecule has 6 nitrogen and oxygen atoms in total. The molecule has 0 amide bonds. The average molecular weight is 446 g/mol. The van der Waals surface area contributed by atoms with Crippen molar-refractivity contribution in [3.8, 4) is 0 Å². The first-order chi connectivity index (χ1) is 10.9. The van der Waals surface area contributed by atoms with Crippen LogP contribution in [0.5, 0.6) is 0 Å². The third kappa shape index (κ3) is 22.2. The summed E-state index contributed by atoms with van der Waals surface area (Å²) in [6.07, 6.45) is 0. The first-order valence-electron chi connectivity index (χ1n) is 5.96. The fourth-order valence-corrected chi connectivity index (χ4v) is 3.02. The molecule has 6 N–H and O–H groups in total. The van der Waals surface area contributed by atoms with E-state index < -0.39 is 13.4 Å². The first kappa shape index (κ1) is 24.2. The van der Waals surface area contributed by atoms with Crippen LogP contribution in [0.15, 0.2) is 70.5 Å². The van der Waals surface area contributed by atoms with Crippen LogP contribution in [-0.4, -0.2) is 29.4 Å². The second-order valence-electron chi connectivity index (χ2n) is 3.82. The molecule has 0 aliphatic heterocycles. The van der Waals surface area contributed by atoms with Crippen LogP contribution in [0.3, 0.4) is 0 Å².